The van der Waals surface area contributed by atoms with E-state index in [1.54, 1.807) is 24.8 Å². The van der Waals surface area contributed by atoms with Crippen molar-refractivity contribution in [2.45, 2.75) is 13.0 Å². The summed E-state index contributed by atoms with van der Waals surface area (Å²) in [7, 11) is 0. The molecule has 1 atom stereocenters. The third-order valence-corrected chi connectivity index (χ3v) is 2.57. The summed E-state index contributed by atoms with van der Waals surface area (Å²) < 4.78 is 4.63. The van der Waals surface area contributed by atoms with E-state index in [2.05, 4.69) is 16.6 Å². The zero-order valence-corrected chi connectivity index (χ0v) is 10.2. The Labute approximate surface area is 99.8 Å². The van der Waals surface area contributed by atoms with E-state index < -0.39 is 17.9 Å². The molecule has 0 aliphatic heterocycles. The number of thioether (sulfide) groups is 1. The fourth-order valence-electron chi connectivity index (χ4n) is 0.862. The van der Waals surface area contributed by atoms with Gasteiger partial charge in [0.25, 0.3) is 0 Å². The van der Waals surface area contributed by atoms with E-state index in [4.69, 9.17) is 5.73 Å². The van der Waals surface area contributed by atoms with Crippen molar-refractivity contribution in [1.82, 2.24) is 5.32 Å². The Morgan fingerprint density at radius 3 is 2.88 bits per heavy atom. The molecule has 0 spiro atoms. The minimum Gasteiger partial charge on any atom is -0.464 e. The highest BCUT2D eigenvalue weighted by atomic mass is 32.2. The highest BCUT2D eigenvalue weighted by molar-refractivity contribution is 7.99. The van der Waals surface area contributed by atoms with Crippen molar-refractivity contribution in [2.75, 3.05) is 24.7 Å². The highest BCUT2D eigenvalue weighted by Crippen LogP contribution is 1.97. The first kappa shape index (κ1) is 15.0. The Kier molecular flexibility index (Phi) is 8.65. The van der Waals surface area contributed by atoms with Gasteiger partial charge in [-0.2, -0.15) is 11.8 Å². The largest absolute Gasteiger partial charge is 0.464 e. The van der Waals surface area contributed by atoms with E-state index in [0.717, 1.165) is 11.5 Å². The SMILES string of the molecule is C=CCSCCNC(=O)C(N)C(=O)OCC. The molecule has 0 aliphatic rings. The van der Waals surface area contributed by atoms with Gasteiger partial charge in [0.2, 0.25) is 5.91 Å². The number of nitrogens with one attached hydrogen (secondary N) is 1. The second-order valence-electron chi connectivity index (χ2n) is 2.88. The lowest BCUT2D eigenvalue weighted by atomic mass is 10.3. The number of carbonyl (C=O) groups is 2. The van der Waals surface area contributed by atoms with Gasteiger partial charge >= 0.3 is 5.97 Å². The van der Waals surface area contributed by atoms with Crippen molar-refractivity contribution < 1.29 is 14.3 Å². The third kappa shape index (κ3) is 6.47. The fraction of sp³-hybridized carbons (Fsp3) is 0.600. The minimum atomic E-state index is -1.23. The van der Waals surface area contributed by atoms with Crippen LogP contribution in [0.5, 0.6) is 0 Å². The molecule has 0 aromatic rings. The molecule has 0 aromatic heterocycles. The summed E-state index contributed by atoms with van der Waals surface area (Å²) in [5, 5.41) is 2.56. The van der Waals surface area contributed by atoms with Gasteiger partial charge in [-0.3, -0.25) is 4.79 Å². The van der Waals surface area contributed by atoms with Crippen LogP contribution in [0, 0.1) is 0 Å². The lowest BCUT2D eigenvalue weighted by molar-refractivity contribution is -0.147. The summed E-state index contributed by atoms with van der Waals surface area (Å²) in [5.74, 6) is 0.393. The minimum absolute atomic E-state index is 0.217. The molecule has 0 aromatic carbocycles. The molecule has 1 amide bonds. The third-order valence-electron chi connectivity index (χ3n) is 1.60. The standard InChI is InChI=1S/C10H18N2O3S/c1-3-6-16-7-5-12-9(13)8(11)10(14)15-4-2/h3,8H,1,4-7,11H2,2H3,(H,12,13). The van der Waals surface area contributed by atoms with Crippen molar-refractivity contribution in [3.8, 4) is 0 Å². The summed E-state index contributed by atoms with van der Waals surface area (Å²) in [6.45, 7) is 5.93. The van der Waals surface area contributed by atoms with E-state index in [0.29, 0.717) is 6.54 Å². The van der Waals surface area contributed by atoms with Crippen LogP contribution in [0.4, 0.5) is 0 Å². The predicted octanol–water partition coefficient (Wildman–Crippen LogP) is -0.0878. The van der Waals surface area contributed by atoms with Crippen LogP contribution >= 0.6 is 11.8 Å². The molecule has 5 nitrogen and oxygen atoms in total. The number of rotatable bonds is 8. The molecule has 0 radical (unpaired) electrons. The molecule has 0 saturated carbocycles. The van der Waals surface area contributed by atoms with Crippen LogP contribution in [-0.2, 0) is 14.3 Å². The first-order chi connectivity index (χ1) is 7.63. The van der Waals surface area contributed by atoms with Crippen molar-refractivity contribution in [1.29, 1.82) is 0 Å². The van der Waals surface area contributed by atoms with Crippen LogP contribution in [0.3, 0.4) is 0 Å². The molecule has 16 heavy (non-hydrogen) atoms. The number of nitrogens with two attached hydrogens (primary N) is 1. The Morgan fingerprint density at radius 1 is 1.62 bits per heavy atom. The fourth-order valence-corrected chi connectivity index (χ4v) is 1.44. The summed E-state index contributed by atoms with van der Waals surface area (Å²) in [6, 6.07) is -1.23. The molecular weight excluding hydrogens is 228 g/mol. The molecule has 1 unspecified atom stereocenters. The molecule has 92 valence electrons. The van der Waals surface area contributed by atoms with Crippen molar-refractivity contribution in [3.05, 3.63) is 12.7 Å². The second-order valence-corrected chi connectivity index (χ2v) is 4.03. The predicted molar refractivity (Wildman–Crippen MR) is 65.1 cm³/mol. The topological polar surface area (TPSA) is 81.4 Å². The Bertz CT molecular complexity index is 246. The van der Waals surface area contributed by atoms with E-state index in [1.165, 1.54) is 0 Å². The van der Waals surface area contributed by atoms with E-state index in [9.17, 15) is 9.59 Å². The second kappa shape index (κ2) is 9.23. The first-order valence-corrected chi connectivity index (χ1v) is 6.17. The summed E-state index contributed by atoms with van der Waals surface area (Å²) in [4.78, 5) is 22.4. The molecule has 0 rings (SSSR count). The zero-order valence-electron chi connectivity index (χ0n) is 9.40. The van der Waals surface area contributed by atoms with Crippen LogP contribution < -0.4 is 11.1 Å². The molecule has 0 fully saturated rings. The van der Waals surface area contributed by atoms with E-state index in [1.807, 2.05) is 0 Å². The van der Waals surface area contributed by atoms with Crippen LogP contribution in [0.2, 0.25) is 0 Å². The van der Waals surface area contributed by atoms with Crippen molar-refractivity contribution >= 4 is 23.6 Å². The van der Waals surface area contributed by atoms with Gasteiger partial charge in [-0.15, -0.1) is 6.58 Å². The van der Waals surface area contributed by atoms with E-state index >= 15 is 0 Å². The highest BCUT2D eigenvalue weighted by Gasteiger charge is 2.22. The Balaban J connectivity index is 3.70. The molecule has 0 heterocycles. The van der Waals surface area contributed by atoms with Crippen LogP contribution in [0.1, 0.15) is 6.92 Å². The van der Waals surface area contributed by atoms with Gasteiger partial charge in [0, 0.05) is 18.1 Å². The van der Waals surface area contributed by atoms with Crippen molar-refractivity contribution in [3.63, 3.8) is 0 Å². The zero-order chi connectivity index (χ0) is 12.4. The van der Waals surface area contributed by atoms with Crippen LogP contribution in [-0.4, -0.2) is 42.6 Å². The van der Waals surface area contributed by atoms with Gasteiger partial charge in [0.05, 0.1) is 6.61 Å². The quantitative estimate of drug-likeness (QED) is 0.271. The maximum absolute atomic E-state index is 11.3. The molecule has 3 N–H and O–H groups in total. The average molecular weight is 246 g/mol. The lowest BCUT2D eigenvalue weighted by Crippen LogP contribution is -2.47. The number of ether oxygens (including phenoxy) is 1. The lowest BCUT2D eigenvalue weighted by Gasteiger charge is -2.10. The van der Waals surface area contributed by atoms with Gasteiger partial charge in [-0.25, -0.2) is 4.79 Å². The molecule has 0 aliphatic carbocycles. The summed E-state index contributed by atoms with van der Waals surface area (Å²) in [5.41, 5.74) is 5.38. The average Bonchev–Trinajstić information content (AvgIpc) is 2.27. The number of esters is 1. The van der Waals surface area contributed by atoms with Gasteiger partial charge < -0.3 is 15.8 Å². The smallest absolute Gasteiger partial charge is 0.332 e. The Hall–Kier alpha value is -1.01. The Morgan fingerprint density at radius 2 is 2.31 bits per heavy atom. The number of hydrogen-bond acceptors (Lipinski definition) is 5. The molecule has 0 saturated heterocycles. The summed E-state index contributed by atoms with van der Waals surface area (Å²) in [6.07, 6.45) is 1.79. The monoisotopic (exact) mass is 246 g/mol. The van der Waals surface area contributed by atoms with Crippen LogP contribution in [0.25, 0.3) is 0 Å². The number of amides is 1. The van der Waals surface area contributed by atoms with Crippen molar-refractivity contribution in [2.24, 2.45) is 5.73 Å². The molecular formula is C10H18N2O3S. The number of carbonyl (C=O) groups excluding carboxylic acids is 2. The molecule has 6 heteroatoms. The van der Waals surface area contributed by atoms with E-state index in [-0.39, 0.29) is 6.61 Å². The normalized spacial score (nSPS) is 11.6. The van der Waals surface area contributed by atoms with Gasteiger partial charge in [0.1, 0.15) is 0 Å². The maximum atomic E-state index is 11.3. The van der Waals surface area contributed by atoms with Gasteiger partial charge in [-0.05, 0) is 6.92 Å². The first-order valence-electron chi connectivity index (χ1n) is 5.02. The molecule has 0 bridgehead atoms. The maximum Gasteiger partial charge on any atom is 0.332 e. The van der Waals surface area contributed by atoms with Crippen LogP contribution in [0.15, 0.2) is 12.7 Å². The summed E-state index contributed by atoms with van der Waals surface area (Å²) >= 11 is 1.64. The van der Waals surface area contributed by atoms with Gasteiger partial charge in [-0.1, -0.05) is 6.08 Å². The number of hydrogen-bond donors (Lipinski definition) is 2. The van der Waals surface area contributed by atoms with Gasteiger partial charge in [0.15, 0.2) is 6.04 Å².